The number of carbonyl (C=O) groups excluding carboxylic acids is 3. The first-order valence-corrected chi connectivity index (χ1v) is 5.99. The summed E-state index contributed by atoms with van der Waals surface area (Å²) in [4.78, 5) is 33.7. The first-order valence-electron chi connectivity index (χ1n) is 5.11. The first kappa shape index (κ1) is 12.6. The molecule has 1 aromatic rings. The van der Waals surface area contributed by atoms with Crippen LogP contribution < -0.4 is 10.6 Å². The zero-order valence-corrected chi connectivity index (χ0v) is 9.92. The molecule has 18 heavy (non-hydrogen) atoms. The molecular formula is C11H9FN2O3S. The van der Waals surface area contributed by atoms with Crippen LogP contribution in [0.15, 0.2) is 24.3 Å². The van der Waals surface area contributed by atoms with Gasteiger partial charge in [-0.2, -0.15) is 0 Å². The van der Waals surface area contributed by atoms with Crippen LogP contribution in [0.3, 0.4) is 0 Å². The van der Waals surface area contributed by atoms with E-state index in [1.165, 1.54) is 24.3 Å². The Labute approximate surface area is 106 Å². The summed E-state index contributed by atoms with van der Waals surface area (Å²) < 4.78 is 12.6. The zero-order chi connectivity index (χ0) is 13.1. The number of halogens is 1. The molecule has 2 rings (SSSR count). The van der Waals surface area contributed by atoms with Crippen molar-refractivity contribution in [2.24, 2.45) is 0 Å². The number of hydrogen-bond donors (Lipinski definition) is 2. The van der Waals surface area contributed by atoms with E-state index in [4.69, 9.17) is 0 Å². The number of amides is 3. The molecule has 5 nitrogen and oxygen atoms in total. The van der Waals surface area contributed by atoms with Gasteiger partial charge in [0.25, 0.3) is 5.24 Å². The van der Waals surface area contributed by atoms with Crippen molar-refractivity contribution in [1.82, 2.24) is 5.32 Å². The number of anilines is 1. The van der Waals surface area contributed by atoms with Gasteiger partial charge in [0.05, 0.1) is 0 Å². The topological polar surface area (TPSA) is 75.3 Å². The molecule has 2 N–H and O–H groups in total. The summed E-state index contributed by atoms with van der Waals surface area (Å²) in [6.45, 7) is 0. The minimum absolute atomic E-state index is 0.0976. The Kier molecular flexibility index (Phi) is 3.61. The molecule has 94 valence electrons. The molecule has 1 aliphatic heterocycles. The molecule has 0 aliphatic carbocycles. The molecule has 0 radical (unpaired) electrons. The molecule has 3 amide bonds. The third-order valence-electron chi connectivity index (χ3n) is 2.27. The van der Waals surface area contributed by atoms with Crippen molar-refractivity contribution in [3.8, 4) is 0 Å². The second kappa shape index (κ2) is 5.18. The Morgan fingerprint density at radius 3 is 2.56 bits per heavy atom. The Hall–Kier alpha value is -1.89. The molecule has 7 heteroatoms. The highest BCUT2D eigenvalue weighted by atomic mass is 32.2. The molecule has 0 aromatic heterocycles. The van der Waals surface area contributed by atoms with Crippen molar-refractivity contribution in [1.29, 1.82) is 0 Å². The fourth-order valence-corrected chi connectivity index (χ4v) is 2.26. The van der Waals surface area contributed by atoms with E-state index in [9.17, 15) is 18.8 Å². The van der Waals surface area contributed by atoms with Crippen LogP contribution in [0.25, 0.3) is 0 Å². The lowest BCUT2D eigenvalue weighted by Gasteiger charge is -2.06. The maximum atomic E-state index is 12.6. The second-order valence-corrected chi connectivity index (χ2v) is 4.82. The van der Waals surface area contributed by atoms with Crippen molar-refractivity contribution < 1.29 is 18.8 Å². The van der Waals surface area contributed by atoms with E-state index in [1.54, 1.807) is 0 Å². The molecule has 0 saturated carbocycles. The molecule has 1 fully saturated rings. The quantitative estimate of drug-likeness (QED) is 0.871. The van der Waals surface area contributed by atoms with E-state index < -0.39 is 28.1 Å². The van der Waals surface area contributed by atoms with Gasteiger partial charge in [-0.3, -0.25) is 19.7 Å². The summed E-state index contributed by atoms with van der Waals surface area (Å²) in [7, 11) is 0. The number of nitrogens with one attached hydrogen (secondary N) is 2. The standard InChI is InChI=1S/C11H9FN2O3S/c12-6-1-3-7(4-2-6)13-9(15)5-8-10(16)14-11(17)18-8/h1-4,8H,5H2,(H,13,15)(H,14,16,17)/t8-/m0/s1. The number of rotatable bonds is 3. The lowest BCUT2D eigenvalue weighted by atomic mass is 10.2. The highest BCUT2D eigenvalue weighted by Gasteiger charge is 2.33. The second-order valence-electron chi connectivity index (χ2n) is 3.64. The van der Waals surface area contributed by atoms with Gasteiger partial charge in [0.1, 0.15) is 11.1 Å². The van der Waals surface area contributed by atoms with Gasteiger partial charge in [0.15, 0.2) is 0 Å². The Balaban J connectivity index is 1.91. The number of thioether (sulfide) groups is 1. The Morgan fingerprint density at radius 1 is 1.33 bits per heavy atom. The molecule has 0 bridgehead atoms. The molecule has 0 spiro atoms. The van der Waals surface area contributed by atoms with Gasteiger partial charge < -0.3 is 5.32 Å². The van der Waals surface area contributed by atoms with Gasteiger partial charge >= 0.3 is 0 Å². The van der Waals surface area contributed by atoms with Gasteiger partial charge in [0, 0.05) is 12.1 Å². The summed E-state index contributed by atoms with van der Waals surface area (Å²) in [6, 6.07) is 5.27. The molecule has 1 aromatic carbocycles. The Bertz CT molecular complexity index is 504. The van der Waals surface area contributed by atoms with Gasteiger partial charge in [0.2, 0.25) is 11.8 Å². The molecule has 1 atom stereocenters. The third-order valence-corrected chi connectivity index (χ3v) is 3.25. The number of carbonyl (C=O) groups is 3. The summed E-state index contributed by atoms with van der Waals surface area (Å²) in [6.07, 6.45) is -0.0976. The van der Waals surface area contributed by atoms with Crippen LogP contribution in [0.5, 0.6) is 0 Å². The Morgan fingerprint density at radius 2 is 2.00 bits per heavy atom. The van der Waals surface area contributed by atoms with Gasteiger partial charge in [-0.05, 0) is 24.3 Å². The monoisotopic (exact) mass is 268 g/mol. The van der Waals surface area contributed by atoms with Crippen molar-refractivity contribution in [3.05, 3.63) is 30.1 Å². The highest BCUT2D eigenvalue weighted by molar-refractivity contribution is 8.15. The third kappa shape index (κ3) is 3.07. The van der Waals surface area contributed by atoms with Crippen LogP contribution in [0.1, 0.15) is 6.42 Å². The predicted octanol–water partition coefficient (Wildman–Crippen LogP) is 1.51. The van der Waals surface area contributed by atoms with Gasteiger partial charge in [-0.25, -0.2) is 4.39 Å². The van der Waals surface area contributed by atoms with E-state index >= 15 is 0 Å². The van der Waals surface area contributed by atoms with Gasteiger partial charge in [-0.15, -0.1) is 0 Å². The smallest absolute Gasteiger partial charge is 0.286 e. The summed E-state index contributed by atoms with van der Waals surface area (Å²) in [5, 5.41) is 3.48. The van der Waals surface area contributed by atoms with Crippen LogP contribution in [0, 0.1) is 5.82 Å². The van der Waals surface area contributed by atoms with Crippen LogP contribution in [0.4, 0.5) is 14.9 Å². The zero-order valence-electron chi connectivity index (χ0n) is 9.10. The van der Waals surface area contributed by atoms with E-state index in [0.717, 1.165) is 11.8 Å². The summed E-state index contributed by atoms with van der Waals surface area (Å²) in [5.74, 6) is -1.26. The maximum absolute atomic E-state index is 12.6. The number of hydrogen-bond acceptors (Lipinski definition) is 4. The maximum Gasteiger partial charge on any atom is 0.286 e. The molecular weight excluding hydrogens is 259 g/mol. The number of imide groups is 1. The molecule has 0 unspecified atom stereocenters. The van der Waals surface area contributed by atoms with Crippen LogP contribution in [-0.4, -0.2) is 22.3 Å². The van der Waals surface area contributed by atoms with Crippen molar-refractivity contribution in [2.75, 3.05) is 5.32 Å². The van der Waals surface area contributed by atoms with E-state index in [1.807, 2.05) is 0 Å². The van der Waals surface area contributed by atoms with Gasteiger partial charge in [-0.1, -0.05) is 11.8 Å². The summed E-state index contributed by atoms with van der Waals surface area (Å²) >= 11 is 0.795. The van der Waals surface area contributed by atoms with E-state index in [2.05, 4.69) is 10.6 Å². The van der Waals surface area contributed by atoms with Crippen LogP contribution in [0.2, 0.25) is 0 Å². The lowest BCUT2D eigenvalue weighted by Crippen LogP contribution is -2.27. The fourth-order valence-electron chi connectivity index (χ4n) is 1.44. The molecule has 1 saturated heterocycles. The van der Waals surface area contributed by atoms with Crippen LogP contribution in [-0.2, 0) is 9.59 Å². The van der Waals surface area contributed by atoms with E-state index in [-0.39, 0.29) is 6.42 Å². The van der Waals surface area contributed by atoms with Crippen molar-refractivity contribution in [2.45, 2.75) is 11.7 Å². The van der Waals surface area contributed by atoms with Crippen molar-refractivity contribution in [3.63, 3.8) is 0 Å². The van der Waals surface area contributed by atoms with E-state index in [0.29, 0.717) is 5.69 Å². The minimum Gasteiger partial charge on any atom is -0.326 e. The fraction of sp³-hybridized carbons (Fsp3) is 0.182. The van der Waals surface area contributed by atoms with Crippen molar-refractivity contribution >= 4 is 34.5 Å². The van der Waals surface area contributed by atoms with Crippen LogP contribution >= 0.6 is 11.8 Å². The average molecular weight is 268 g/mol. The SMILES string of the molecule is O=C(C[C@@H]1SC(=O)NC1=O)Nc1ccc(F)cc1. The minimum atomic E-state index is -0.696. The molecule has 1 heterocycles. The normalized spacial score (nSPS) is 18.6. The first-order chi connectivity index (χ1) is 8.54. The summed E-state index contributed by atoms with van der Waals surface area (Å²) in [5.41, 5.74) is 0.441. The average Bonchev–Trinajstić information content (AvgIpc) is 2.61. The lowest BCUT2D eigenvalue weighted by molar-refractivity contribution is -0.122. The molecule has 1 aliphatic rings. The largest absolute Gasteiger partial charge is 0.326 e. The highest BCUT2D eigenvalue weighted by Crippen LogP contribution is 2.22. The predicted molar refractivity (Wildman–Crippen MR) is 64.6 cm³/mol. The number of benzene rings is 1.